The molecule has 25 heavy (non-hydrogen) atoms. The summed E-state index contributed by atoms with van der Waals surface area (Å²) in [7, 11) is 1.79. The summed E-state index contributed by atoms with van der Waals surface area (Å²) in [6, 6.07) is 0. The lowest BCUT2D eigenvalue weighted by Crippen LogP contribution is -2.58. The van der Waals surface area contributed by atoms with Crippen LogP contribution < -0.4 is 0 Å². The number of likely N-dealkylation sites (N-methyl/N-ethyl adjacent to an activating group) is 1. The molecule has 5 fully saturated rings. The van der Waals surface area contributed by atoms with Crippen LogP contribution in [0.15, 0.2) is 0 Å². The minimum absolute atomic E-state index is 0.00276. The topological polar surface area (TPSA) is 70.1 Å². The fraction of sp³-hybridized carbons (Fsp3) is 0.895. The van der Waals surface area contributed by atoms with Crippen molar-refractivity contribution in [2.45, 2.75) is 44.6 Å². The van der Waals surface area contributed by atoms with E-state index >= 15 is 0 Å². The highest BCUT2D eigenvalue weighted by atomic mass is 16.5. The molecule has 0 aromatic rings. The molecule has 6 nitrogen and oxygen atoms in total. The van der Waals surface area contributed by atoms with Crippen LogP contribution in [0.25, 0.3) is 0 Å². The number of nitrogens with zero attached hydrogens (tertiary/aromatic N) is 2. The zero-order valence-corrected chi connectivity index (χ0v) is 15.2. The molecular formula is C19H30N2O4. The van der Waals surface area contributed by atoms with E-state index in [0.29, 0.717) is 32.1 Å². The van der Waals surface area contributed by atoms with E-state index in [9.17, 15) is 9.59 Å². The number of aliphatic carboxylic acids is 1. The Morgan fingerprint density at radius 2 is 1.76 bits per heavy atom. The van der Waals surface area contributed by atoms with Crippen molar-refractivity contribution in [3.63, 3.8) is 0 Å². The van der Waals surface area contributed by atoms with Crippen molar-refractivity contribution >= 4 is 11.9 Å². The Morgan fingerprint density at radius 3 is 2.32 bits per heavy atom. The summed E-state index contributed by atoms with van der Waals surface area (Å²) in [5.74, 6) is 1.84. The zero-order chi connectivity index (χ0) is 17.6. The predicted molar refractivity (Wildman–Crippen MR) is 92.1 cm³/mol. The van der Waals surface area contributed by atoms with Crippen LogP contribution in [0.3, 0.4) is 0 Å². The van der Waals surface area contributed by atoms with E-state index < -0.39 is 5.97 Å². The Balaban J connectivity index is 1.39. The van der Waals surface area contributed by atoms with Gasteiger partial charge in [-0.1, -0.05) is 0 Å². The van der Waals surface area contributed by atoms with Crippen molar-refractivity contribution in [1.82, 2.24) is 9.80 Å². The molecule has 140 valence electrons. The Morgan fingerprint density at radius 1 is 1.16 bits per heavy atom. The molecule has 1 saturated heterocycles. The van der Waals surface area contributed by atoms with Crippen molar-refractivity contribution in [1.29, 1.82) is 0 Å². The third-order valence-corrected chi connectivity index (χ3v) is 6.84. The van der Waals surface area contributed by atoms with Gasteiger partial charge in [0.1, 0.15) is 0 Å². The van der Waals surface area contributed by atoms with E-state index in [4.69, 9.17) is 9.84 Å². The number of carboxylic acid groups (broad SMARTS) is 1. The highest BCUT2D eigenvalue weighted by Gasteiger charge is 2.55. The molecule has 0 spiro atoms. The number of hydrogen-bond acceptors (Lipinski definition) is 4. The third-order valence-electron chi connectivity index (χ3n) is 6.84. The van der Waals surface area contributed by atoms with Crippen molar-refractivity contribution < 1.29 is 19.4 Å². The summed E-state index contributed by atoms with van der Waals surface area (Å²) in [4.78, 5) is 28.0. The number of morpholine rings is 1. The summed E-state index contributed by atoms with van der Waals surface area (Å²) in [5, 5.41) is 8.90. The summed E-state index contributed by atoms with van der Waals surface area (Å²) in [5.41, 5.74) is -0.0936. The van der Waals surface area contributed by atoms with Crippen molar-refractivity contribution in [2.75, 3.05) is 39.8 Å². The molecule has 1 N–H and O–H groups in total. The molecule has 1 unspecified atom stereocenters. The van der Waals surface area contributed by atoms with Gasteiger partial charge in [-0.3, -0.25) is 14.5 Å². The molecule has 0 aromatic heterocycles. The van der Waals surface area contributed by atoms with E-state index in [0.717, 1.165) is 37.0 Å². The van der Waals surface area contributed by atoms with Gasteiger partial charge in [0.25, 0.3) is 0 Å². The maximum atomic E-state index is 13.4. The quantitative estimate of drug-likeness (QED) is 0.813. The first kappa shape index (κ1) is 17.3. The molecule has 5 rings (SSSR count). The van der Waals surface area contributed by atoms with Gasteiger partial charge in [-0.15, -0.1) is 0 Å². The van der Waals surface area contributed by atoms with E-state index in [-0.39, 0.29) is 18.1 Å². The van der Waals surface area contributed by atoms with E-state index in [1.807, 2.05) is 4.90 Å². The lowest BCUT2D eigenvalue weighted by atomic mass is 9.49. The Kier molecular flexibility index (Phi) is 4.52. The molecular weight excluding hydrogens is 320 g/mol. The zero-order valence-electron chi connectivity index (χ0n) is 15.2. The first-order valence-corrected chi connectivity index (χ1v) is 9.75. The van der Waals surface area contributed by atoms with Gasteiger partial charge in [0, 0.05) is 19.6 Å². The average Bonchev–Trinajstić information content (AvgIpc) is 2.52. The van der Waals surface area contributed by atoms with E-state index in [1.165, 1.54) is 19.3 Å². The molecule has 4 aliphatic carbocycles. The molecule has 4 bridgehead atoms. The molecule has 0 aromatic carbocycles. The Hall–Kier alpha value is -1.14. The summed E-state index contributed by atoms with van der Waals surface area (Å²) in [6.45, 7) is 2.40. The number of amides is 1. The van der Waals surface area contributed by atoms with Crippen LogP contribution in [0.5, 0.6) is 0 Å². The molecule has 5 aliphatic rings. The molecule has 1 amide bonds. The maximum Gasteiger partial charge on any atom is 0.317 e. The van der Waals surface area contributed by atoms with Crippen LogP contribution in [0.2, 0.25) is 0 Å². The van der Waals surface area contributed by atoms with Gasteiger partial charge in [-0.2, -0.15) is 0 Å². The third kappa shape index (κ3) is 3.43. The van der Waals surface area contributed by atoms with Crippen LogP contribution in [0.4, 0.5) is 0 Å². The normalized spacial score (nSPS) is 39.8. The Bertz CT molecular complexity index is 514. The minimum atomic E-state index is -0.834. The smallest absolute Gasteiger partial charge is 0.317 e. The van der Waals surface area contributed by atoms with E-state index in [2.05, 4.69) is 0 Å². The number of rotatable bonds is 5. The van der Waals surface area contributed by atoms with Gasteiger partial charge in [-0.05, 0) is 63.3 Å². The lowest BCUT2D eigenvalue weighted by Gasteiger charge is -2.57. The van der Waals surface area contributed by atoms with E-state index in [1.54, 1.807) is 11.9 Å². The first-order chi connectivity index (χ1) is 11.9. The standard InChI is InChI=1S/C19H30N2O4/c1-20(12-17(22)23)10-16-11-21(2-3-25-16)18(24)19-7-13-4-14(8-19)6-15(5-13)9-19/h13-16H,2-12H2,1H3,(H,22,23). The monoisotopic (exact) mass is 350 g/mol. The number of carbonyl (C=O) groups excluding carboxylic acids is 1. The van der Waals surface area contributed by atoms with Crippen LogP contribution in [-0.2, 0) is 14.3 Å². The molecule has 4 saturated carbocycles. The second kappa shape index (κ2) is 6.54. The summed E-state index contributed by atoms with van der Waals surface area (Å²) >= 11 is 0. The van der Waals surface area contributed by atoms with Crippen molar-refractivity contribution in [3.8, 4) is 0 Å². The van der Waals surface area contributed by atoms with Gasteiger partial charge in [0.15, 0.2) is 0 Å². The first-order valence-electron chi connectivity index (χ1n) is 9.75. The largest absolute Gasteiger partial charge is 0.480 e. The van der Waals surface area contributed by atoms with Crippen molar-refractivity contribution in [2.24, 2.45) is 23.2 Å². The number of hydrogen-bond donors (Lipinski definition) is 1. The fourth-order valence-electron chi connectivity index (χ4n) is 6.37. The number of ether oxygens (including phenoxy) is 1. The minimum Gasteiger partial charge on any atom is -0.480 e. The van der Waals surface area contributed by atoms with Crippen molar-refractivity contribution in [3.05, 3.63) is 0 Å². The molecule has 1 heterocycles. The predicted octanol–water partition coefficient (Wildman–Crippen LogP) is 1.45. The number of carboxylic acids is 1. The molecule has 0 radical (unpaired) electrons. The Labute approximate surface area is 149 Å². The van der Waals surface area contributed by atoms with Gasteiger partial charge >= 0.3 is 5.97 Å². The highest BCUT2D eigenvalue weighted by molar-refractivity contribution is 5.83. The average molecular weight is 350 g/mol. The SMILES string of the molecule is CN(CC(=O)O)CC1CN(C(=O)C23CC4CC(CC(C4)C2)C3)CCO1. The van der Waals surface area contributed by atoms with Gasteiger partial charge in [-0.25, -0.2) is 0 Å². The molecule has 1 aliphatic heterocycles. The maximum absolute atomic E-state index is 13.4. The molecule has 1 atom stereocenters. The summed E-state index contributed by atoms with van der Waals surface area (Å²) in [6.07, 6.45) is 7.24. The second-order valence-electron chi connectivity index (χ2n) is 9.03. The van der Waals surface area contributed by atoms with Crippen LogP contribution in [0, 0.1) is 23.2 Å². The van der Waals surface area contributed by atoms with Crippen LogP contribution in [-0.4, -0.2) is 72.7 Å². The fourth-order valence-corrected chi connectivity index (χ4v) is 6.37. The van der Waals surface area contributed by atoms with Gasteiger partial charge in [0.2, 0.25) is 5.91 Å². The van der Waals surface area contributed by atoms with Gasteiger partial charge < -0.3 is 14.7 Å². The van der Waals surface area contributed by atoms with Crippen LogP contribution >= 0.6 is 0 Å². The highest BCUT2D eigenvalue weighted by Crippen LogP contribution is 2.60. The molecule has 6 heteroatoms. The number of carbonyl (C=O) groups is 2. The summed E-state index contributed by atoms with van der Waals surface area (Å²) < 4.78 is 5.80. The van der Waals surface area contributed by atoms with Crippen LogP contribution in [0.1, 0.15) is 38.5 Å². The lowest BCUT2D eigenvalue weighted by molar-refractivity contribution is -0.165. The second-order valence-corrected chi connectivity index (χ2v) is 9.03. The van der Waals surface area contributed by atoms with Gasteiger partial charge in [0.05, 0.1) is 24.7 Å².